The molecule has 10 heteroatoms. The van der Waals surface area contributed by atoms with E-state index in [4.69, 9.17) is 12.6 Å². The maximum absolute atomic E-state index is 14.4. The van der Waals surface area contributed by atoms with Crippen molar-refractivity contribution in [3.05, 3.63) is 23.3 Å². The molecular formula is C26H58O5P2Si3. The van der Waals surface area contributed by atoms with E-state index in [2.05, 4.69) is 32.9 Å². The molecule has 0 aliphatic carbocycles. The molecule has 0 fully saturated rings. The second-order valence-electron chi connectivity index (χ2n) is 13.4. The van der Waals surface area contributed by atoms with Gasteiger partial charge in [-0.05, 0) is 112 Å². The van der Waals surface area contributed by atoms with Gasteiger partial charge in [0.05, 0.1) is 0 Å². The van der Waals surface area contributed by atoms with Crippen LogP contribution in [0.25, 0.3) is 0 Å². The Morgan fingerprint density at radius 3 is 1.61 bits per heavy atom. The lowest BCUT2D eigenvalue weighted by molar-refractivity contribution is 0.369. The summed E-state index contributed by atoms with van der Waals surface area (Å²) in [6, 6.07) is 0. The summed E-state index contributed by atoms with van der Waals surface area (Å²) in [6.45, 7) is 26.3. The van der Waals surface area contributed by atoms with Crippen LogP contribution in [0.3, 0.4) is 0 Å². The van der Waals surface area contributed by atoms with Crippen molar-refractivity contribution in [1.82, 2.24) is 0 Å². The quantitative estimate of drug-likeness (QED) is 0.0681. The van der Waals surface area contributed by atoms with Crippen LogP contribution in [0.4, 0.5) is 0 Å². The van der Waals surface area contributed by atoms with Crippen molar-refractivity contribution in [3.8, 4) is 0 Å². The molecule has 36 heavy (non-hydrogen) atoms. The topological polar surface area (TPSA) is 61.8 Å². The van der Waals surface area contributed by atoms with E-state index in [1.807, 2.05) is 58.9 Å². The van der Waals surface area contributed by atoms with E-state index in [9.17, 15) is 9.13 Å². The Balaban J connectivity index is 5.38. The molecule has 0 aromatic rings. The number of hydrogen-bond donors (Lipinski definition) is 0. The van der Waals surface area contributed by atoms with Gasteiger partial charge in [0.25, 0.3) is 0 Å². The third-order valence-corrected chi connectivity index (χ3v) is 19.7. The second-order valence-corrected chi connectivity index (χ2v) is 32.8. The molecule has 0 aliphatic rings. The minimum absolute atomic E-state index is 0.544. The predicted octanol–water partition coefficient (Wildman–Crippen LogP) is 11.0. The molecule has 0 spiro atoms. The fraction of sp³-hybridized carbons (Fsp3) is 0.846. The van der Waals surface area contributed by atoms with Crippen LogP contribution < -0.4 is 0 Å². The van der Waals surface area contributed by atoms with Crippen LogP contribution >= 0.6 is 15.0 Å². The summed E-state index contributed by atoms with van der Waals surface area (Å²) in [5, 5.41) is -0.701. The first kappa shape index (κ1) is 36.5. The van der Waals surface area contributed by atoms with Crippen molar-refractivity contribution in [2.24, 2.45) is 0 Å². The number of unbranched alkanes of at least 4 members (excludes halogenated alkanes) is 4. The van der Waals surface area contributed by atoms with Crippen molar-refractivity contribution in [2.45, 2.75) is 136 Å². The van der Waals surface area contributed by atoms with E-state index in [1.54, 1.807) is 6.66 Å². The van der Waals surface area contributed by atoms with Gasteiger partial charge in [-0.15, -0.1) is 0 Å². The zero-order chi connectivity index (χ0) is 28.4. The normalized spacial score (nSPS) is 16.5. The van der Waals surface area contributed by atoms with E-state index < -0.39 is 45.3 Å². The molecule has 0 saturated carbocycles. The lowest BCUT2D eigenvalue weighted by Gasteiger charge is -2.39. The zero-order valence-electron chi connectivity index (χ0n) is 25.8. The zero-order valence-corrected chi connectivity index (χ0v) is 30.6. The minimum Gasteiger partial charge on any atom is -0.370 e. The lowest BCUT2D eigenvalue weighted by Crippen LogP contribution is -2.34. The third-order valence-electron chi connectivity index (χ3n) is 5.16. The highest BCUT2D eigenvalue weighted by molar-refractivity contribution is 7.76. The number of rotatable bonds is 18. The average molecular weight is 597 g/mol. The maximum Gasteiger partial charge on any atom is 0.324 e. The van der Waals surface area contributed by atoms with E-state index in [0.717, 1.165) is 44.9 Å². The molecule has 0 amide bonds. The van der Waals surface area contributed by atoms with Crippen LogP contribution in [0.5, 0.6) is 0 Å². The fourth-order valence-electron chi connectivity index (χ4n) is 4.02. The second kappa shape index (κ2) is 15.3. The molecule has 214 valence electrons. The van der Waals surface area contributed by atoms with Gasteiger partial charge in [0.2, 0.25) is 7.37 Å². The summed E-state index contributed by atoms with van der Waals surface area (Å²) < 4.78 is 47.2. The van der Waals surface area contributed by atoms with Crippen molar-refractivity contribution < 1.29 is 21.8 Å². The Morgan fingerprint density at radius 1 is 0.694 bits per heavy atom. The Morgan fingerprint density at radius 2 is 1.17 bits per heavy atom. The van der Waals surface area contributed by atoms with Crippen LogP contribution in [0.2, 0.25) is 58.9 Å². The Kier molecular flexibility index (Phi) is 15.5. The molecule has 0 aliphatic heterocycles. The maximum atomic E-state index is 14.4. The van der Waals surface area contributed by atoms with E-state index in [-0.39, 0.29) is 0 Å². The first-order valence-corrected chi connectivity index (χ1v) is 27.6. The van der Waals surface area contributed by atoms with Crippen molar-refractivity contribution in [3.63, 3.8) is 0 Å². The molecule has 0 radical (unpaired) electrons. The van der Waals surface area contributed by atoms with Crippen LogP contribution in [0, 0.1) is 0 Å². The first-order chi connectivity index (χ1) is 16.1. The van der Waals surface area contributed by atoms with Crippen LogP contribution in [-0.4, -0.2) is 37.0 Å². The summed E-state index contributed by atoms with van der Waals surface area (Å²) in [4.78, 5) is 0. The van der Waals surface area contributed by atoms with Gasteiger partial charge < -0.3 is 12.6 Å². The molecule has 5 nitrogen and oxygen atoms in total. The third kappa shape index (κ3) is 17.9. The molecule has 2 atom stereocenters. The van der Waals surface area contributed by atoms with Crippen LogP contribution in [-0.2, 0) is 21.8 Å². The lowest BCUT2D eigenvalue weighted by atomic mass is 10.1. The Hall–Kier alpha value is 0.471. The van der Waals surface area contributed by atoms with Gasteiger partial charge in [0.1, 0.15) is 5.40 Å². The standard InChI is InChI=1S/C26H58O5P2Si3/c1-24(2)20-19-22-25(3)21-17-15-14-16-18-23-26(32(4,27)29-34(5,6)7)33(28,30-35(8,9)10)31-36(11,12)13/h20-21,26H,14-19,22-23H2,1-13H3/b25-21+. The van der Waals surface area contributed by atoms with Crippen molar-refractivity contribution in [2.75, 3.05) is 6.66 Å². The molecule has 0 heterocycles. The number of hydrogen-bond acceptors (Lipinski definition) is 5. The van der Waals surface area contributed by atoms with Gasteiger partial charge >= 0.3 is 7.60 Å². The predicted molar refractivity (Wildman–Crippen MR) is 168 cm³/mol. The monoisotopic (exact) mass is 596 g/mol. The summed E-state index contributed by atoms with van der Waals surface area (Å²) in [5.74, 6) is 0. The van der Waals surface area contributed by atoms with Crippen molar-refractivity contribution >= 4 is 39.9 Å². The summed E-state index contributed by atoms with van der Waals surface area (Å²) in [7, 11) is -13.4. The molecular weight excluding hydrogens is 538 g/mol. The Labute approximate surface area is 227 Å². The van der Waals surface area contributed by atoms with Gasteiger partial charge in [-0.2, -0.15) is 0 Å². The van der Waals surface area contributed by atoms with Crippen LogP contribution in [0.15, 0.2) is 23.3 Å². The summed E-state index contributed by atoms with van der Waals surface area (Å²) in [6.07, 6.45) is 12.6. The highest BCUT2D eigenvalue weighted by Gasteiger charge is 2.51. The highest BCUT2D eigenvalue weighted by Crippen LogP contribution is 2.72. The van der Waals surface area contributed by atoms with E-state index in [1.165, 1.54) is 11.1 Å². The average Bonchev–Trinajstić information content (AvgIpc) is 2.57. The van der Waals surface area contributed by atoms with E-state index in [0.29, 0.717) is 6.42 Å². The van der Waals surface area contributed by atoms with Crippen molar-refractivity contribution in [1.29, 1.82) is 0 Å². The fourth-order valence-corrected chi connectivity index (χ4v) is 20.9. The summed E-state index contributed by atoms with van der Waals surface area (Å²) >= 11 is 0. The molecule has 0 rings (SSSR count). The molecule has 0 N–H and O–H groups in total. The number of allylic oxidation sites excluding steroid dienone is 4. The SMILES string of the molecule is CC(C)=CCC/C(C)=C/CCCCCCC(P(C)(=O)O[Si](C)(C)C)P(=O)(O[Si](C)(C)C)O[Si](C)(C)C. The van der Waals surface area contributed by atoms with Crippen LogP contribution in [0.1, 0.15) is 72.1 Å². The Bertz CT molecular complexity index is 797. The van der Waals surface area contributed by atoms with Gasteiger partial charge in [0, 0.05) is 6.66 Å². The molecule has 0 aromatic heterocycles. The molecule has 2 unspecified atom stereocenters. The first-order valence-electron chi connectivity index (χ1n) is 13.6. The van der Waals surface area contributed by atoms with Gasteiger partial charge in [0.15, 0.2) is 25.0 Å². The highest BCUT2D eigenvalue weighted by atomic mass is 31.2. The van der Waals surface area contributed by atoms with E-state index >= 15 is 0 Å². The molecule has 0 aromatic carbocycles. The largest absolute Gasteiger partial charge is 0.370 e. The van der Waals surface area contributed by atoms with Gasteiger partial charge in [-0.25, -0.2) is 0 Å². The smallest absolute Gasteiger partial charge is 0.324 e. The molecule has 0 bridgehead atoms. The summed E-state index contributed by atoms with van der Waals surface area (Å²) in [5.41, 5.74) is 2.83. The molecule has 0 saturated heterocycles. The van der Waals surface area contributed by atoms with Gasteiger partial charge in [-0.3, -0.25) is 9.13 Å². The van der Waals surface area contributed by atoms with Gasteiger partial charge in [-0.1, -0.05) is 42.6 Å². The minimum atomic E-state index is -3.63.